The Labute approximate surface area is 138 Å². The average molecular weight is 322 g/mol. The van der Waals surface area contributed by atoms with Crippen LogP contribution in [0.2, 0.25) is 0 Å². The van der Waals surface area contributed by atoms with Gasteiger partial charge in [-0.05, 0) is 13.8 Å². The van der Waals surface area contributed by atoms with Crippen LogP contribution in [0.3, 0.4) is 0 Å². The van der Waals surface area contributed by atoms with Gasteiger partial charge in [0.25, 0.3) is 0 Å². The molecule has 0 radical (unpaired) electrons. The highest BCUT2D eigenvalue weighted by Gasteiger charge is 2.13. The maximum atomic E-state index is 9.26. The quantitative estimate of drug-likeness (QED) is 0.535. The molecule has 0 aliphatic rings. The number of nitriles is 1. The number of oxazole rings is 1. The Morgan fingerprint density at radius 3 is 2.70 bits per heavy atom. The molecule has 114 valence electrons. The summed E-state index contributed by atoms with van der Waals surface area (Å²) in [4.78, 5) is 12.9. The molecule has 0 fully saturated rings. The lowest BCUT2D eigenvalue weighted by Crippen LogP contribution is -1.99. The van der Waals surface area contributed by atoms with Crippen molar-refractivity contribution >= 4 is 11.8 Å². The highest BCUT2D eigenvalue weighted by molar-refractivity contribution is 7.98. The first kappa shape index (κ1) is 15.3. The van der Waals surface area contributed by atoms with E-state index in [0.717, 1.165) is 11.3 Å². The minimum absolute atomic E-state index is 0.510. The molecule has 6 heteroatoms. The first-order valence-corrected chi connectivity index (χ1v) is 8.04. The summed E-state index contributed by atoms with van der Waals surface area (Å²) in [6.07, 6.45) is 1.72. The zero-order chi connectivity index (χ0) is 16.2. The zero-order valence-electron chi connectivity index (χ0n) is 12.8. The second-order valence-corrected chi connectivity index (χ2v) is 5.89. The Morgan fingerprint density at radius 2 is 1.96 bits per heavy atom. The van der Waals surface area contributed by atoms with Gasteiger partial charge in [-0.3, -0.25) is 0 Å². The van der Waals surface area contributed by atoms with E-state index in [1.165, 1.54) is 11.8 Å². The minimum Gasteiger partial charge on any atom is -0.440 e. The molecule has 0 aliphatic heterocycles. The van der Waals surface area contributed by atoms with Gasteiger partial charge in [0, 0.05) is 5.56 Å². The van der Waals surface area contributed by atoms with E-state index in [1.54, 1.807) is 6.20 Å². The average Bonchev–Trinajstić information content (AvgIpc) is 3.02. The molecular formula is C17H14N4OS. The van der Waals surface area contributed by atoms with Gasteiger partial charge in [-0.15, -0.1) is 0 Å². The number of aromatic nitrogens is 3. The molecular weight excluding hydrogens is 308 g/mol. The lowest BCUT2D eigenvalue weighted by molar-refractivity contribution is 0.530. The SMILES string of the molecule is Cc1nc(C)c(C#N)c(SCc2ncc(-c3ccccc3)o2)n1. The minimum atomic E-state index is 0.510. The molecule has 23 heavy (non-hydrogen) atoms. The predicted octanol–water partition coefficient (Wildman–Crippen LogP) is 3.91. The van der Waals surface area contributed by atoms with Crippen LogP contribution in [-0.4, -0.2) is 15.0 Å². The number of hydrogen-bond donors (Lipinski definition) is 0. The van der Waals surface area contributed by atoms with Gasteiger partial charge in [0.15, 0.2) is 5.76 Å². The summed E-state index contributed by atoms with van der Waals surface area (Å²) in [7, 11) is 0. The Balaban J connectivity index is 1.78. The second-order valence-electron chi connectivity index (χ2n) is 4.92. The molecule has 0 atom stereocenters. The fourth-order valence-electron chi connectivity index (χ4n) is 2.16. The fraction of sp³-hybridized carbons (Fsp3) is 0.176. The van der Waals surface area contributed by atoms with Crippen LogP contribution in [-0.2, 0) is 5.75 Å². The van der Waals surface area contributed by atoms with E-state index in [2.05, 4.69) is 21.0 Å². The Kier molecular flexibility index (Phi) is 4.40. The summed E-state index contributed by atoms with van der Waals surface area (Å²) < 4.78 is 5.77. The van der Waals surface area contributed by atoms with E-state index in [1.807, 2.05) is 44.2 Å². The van der Waals surface area contributed by atoms with E-state index in [9.17, 15) is 5.26 Å². The number of benzene rings is 1. The van der Waals surface area contributed by atoms with Crippen LogP contribution in [0.1, 0.15) is 23.0 Å². The van der Waals surface area contributed by atoms with Crippen LogP contribution in [0.15, 0.2) is 46.0 Å². The number of nitrogens with zero attached hydrogens (tertiary/aromatic N) is 4. The van der Waals surface area contributed by atoms with Crippen molar-refractivity contribution in [3.05, 3.63) is 59.5 Å². The maximum Gasteiger partial charge on any atom is 0.205 e. The largest absolute Gasteiger partial charge is 0.440 e. The van der Waals surface area contributed by atoms with Crippen LogP contribution in [0.25, 0.3) is 11.3 Å². The van der Waals surface area contributed by atoms with Gasteiger partial charge >= 0.3 is 0 Å². The third kappa shape index (κ3) is 3.41. The number of rotatable bonds is 4. The molecule has 0 N–H and O–H groups in total. The molecule has 0 amide bonds. The molecule has 2 heterocycles. The molecule has 0 saturated carbocycles. The standard InChI is InChI=1S/C17H14N4OS/c1-11-14(8-18)17(21-12(2)20-11)23-10-16-19-9-15(22-16)13-6-4-3-5-7-13/h3-7,9H,10H2,1-2H3. The van der Waals surface area contributed by atoms with Crippen LogP contribution in [0.4, 0.5) is 0 Å². The van der Waals surface area contributed by atoms with Crippen LogP contribution >= 0.6 is 11.8 Å². The van der Waals surface area contributed by atoms with Gasteiger partial charge in [-0.2, -0.15) is 5.26 Å². The molecule has 0 spiro atoms. The van der Waals surface area contributed by atoms with Gasteiger partial charge in [-0.25, -0.2) is 15.0 Å². The van der Waals surface area contributed by atoms with Gasteiger partial charge < -0.3 is 4.42 Å². The molecule has 5 nitrogen and oxygen atoms in total. The van der Waals surface area contributed by atoms with E-state index >= 15 is 0 Å². The van der Waals surface area contributed by atoms with Crippen molar-refractivity contribution in [1.29, 1.82) is 5.26 Å². The molecule has 2 aromatic heterocycles. The van der Waals surface area contributed by atoms with Crippen molar-refractivity contribution in [2.24, 2.45) is 0 Å². The molecule has 0 bridgehead atoms. The smallest absolute Gasteiger partial charge is 0.205 e. The summed E-state index contributed by atoms with van der Waals surface area (Å²) in [5.41, 5.74) is 2.19. The summed E-state index contributed by atoms with van der Waals surface area (Å²) in [6, 6.07) is 12.0. The Bertz CT molecular complexity index is 868. The molecule has 0 unspecified atom stereocenters. The summed E-state index contributed by atoms with van der Waals surface area (Å²) >= 11 is 1.43. The van der Waals surface area contributed by atoms with Crippen molar-refractivity contribution in [2.75, 3.05) is 0 Å². The van der Waals surface area contributed by atoms with Crippen LogP contribution in [0.5, 0.6) is 0 Å². The van der Waals surface area contributed by atoms with Crippen molar-refractivity contribution in [3.63, 3.8) is 0 Å². The first-order chi connectivity index (χ1) is 11.2. The van der Waals surface area contributed by atoms with Crippen molar-refractivity contribution in [3.8, 4) is 17.4 Å². The molecule has 0 aliphatic carbocycles. The molecule has 1 aromatic carbocycles. The Hall–Kier alpha value is -2.65. The molecule has 3 rings (SSSR count). The first-order valence-electron chi connectivity index (χ1n) is 7.05. The highest BCUT2D eigenvalue weighted by atomic mass is 32.2. The number of hydrogen-bond acceptors (Lipinski definition) is 6. The third-order valence-corrected chi connectivity index (χ3v) is 4.18. The zero-order valence-corrected chi connectivity index (χ0v) is 13.6. The van der Waals surface area contributed by atoms with Gasteiger partial charge in [0.2, 0.25) is 5.89 Å². The van der Waals surface area contributed by atoms with Gasteiger partial charge in [0.1, 0.15) is 22.5 Å². The van der Waals surface area contributed by atoms with E-state index in [0.29, 0.717) is 33.8 Å². The molecule has 0 saturated heterocycles. The third-order valence-electron chi connectivity index (χ3n) is 3.22. The normalized spacial score (nSPS) is 10.5. The second kappa shape index (κ2) is 6.63. The number of thioether (sulfide) groups is 1. The van der Waals surface area contributed by atoms with E-state index in [4.69, 9.17) is 4.42 Å². The summed E-state index contributed by atoms with van der Waals surface area (Å²) in [6.45, 7) is 3.63. The highest BCUT2D eigenvalue weighted by Crippen LogP contribution is 2.27. The summed E-state index contributed by atoms with van der Waals surface area (Å²) in [5, 5.41) is 9.92. The summed E-state index contributed by atoms with van der Waals surface area (Å²) in [5.74, 6) is 2.50. The number of aryl methyl sites for hydroxylation is 2. The van der Waals surface area contributed by atoms with Crippen LogP contribution in [0, 0.1) is 25.2 Å². The van der Waals surface area contributed by atoms with Crippen molar-refractivity contribution in [1.82, 2.24) is 15.0 Å². The topological polar surface area (TPSA) is 75.6 Å². The molecule has 3 aromatic rings. The predicted molar refractivity (Wildman–Crippen MR) is 87.7 cm³/mol. The fourth-order valence-corrected chi connectivity index (χ4v) is 3.09. The van der Waals surface area contributed by atoms with Crippen molar-refractivity contribution < 1.29 is 4.42 Å². The van der Waals surface area contributed by atoms with Crippen molar-refractivity contribution in [2.45, 2.75) is 24.6 Å². The van der Waals surface area contributed by atoms with Gasteiger partial charge in [0.05, 0.1) is 17.6 Å². The lowest BCUT2D eigenvalue weighted by atomic mass is 10.2. The monoisotopic (exact) mass is 322 g/mol. The lowest BCUT2D eigenvalue weighted by Gasteiger charge is -2.05. The van der Waals surface area contributed by atoms with E-state index < -0.39 is 0 Å². The van der Waals surface area contributed by atoms with Gasteiger partial charge in [-0.1, -0.05) is 42.1 Å². The Morgan fingerprint density at radius 1 is 1.17 bits per heavy atom. The maximum absolute atomic E-state index is 9.26. The van der Waals surface area contributed by atoms with E-state index in [-0.39, 0.29) is 0 Å². The van der Waals surface area contributed by atoms with Crippen LogP contribution < -0.4 is 0 Å².